The van der Waals surface area contributed by atoms with E-state index in [1.54, 1.807) is 33.5 Å². The molecule has 0 N–H and O–H groups in total. The Morgan fingerprint density at radius 2 is 1.72 bits per heavy atom. The summed E-state index contributed by atoms with van der Waals surface area (Å²) in [6.07, 6.45) is 0.854. The zero-order valence-electron chi connectivity index (χ0n) is 15.3. The Bertz CT molecular complexity index is 790. The number of hydrogen-bond donors (Lipinski definition) is 0. The third kappa shape index (κ3) is 2.80. The average Bonchev–Trinajstić information content (AvgIpc) is 2.96. The molecule has 0 bridgehead atoms. The number of carbonyl (C=O) groups excluding carboxylic acids is 1. The lowest BCUT2D eigenvalue weighted by atomic mass is 10.1. The van der Waals surface area contributed by atoms with Gasteiger partial charge in [0.1, 0.15) is 0 Å². The maximum Gasteiger partial charge on any atom is 0.258 e. The lowest BCUT2D eigenvalue weighted by Gasteiger charge is -2.25. The highest BCUT2D eigenvalue weighted by molar-refractivity contribution is 6.09. The predicted octanol–water partition coefficient (Wildman–Crippen LogP) is 3.61. The molecule has 5 heteroatoms. The van der Waals surface area contributed by atoms with Crippen molar-refractivity contribution in [2.75, 3.05) is 26.2 Å². The quantitative estimate of drug-likeness (QED) is 0.852. The Kier molecular flexibility index (Phi) is 4.57. The lowest BCUT2D eigenvalue weighted by Crippen LogP contribution is -2.36. The van der Waals surface area contributed by atoms with Crippen molar-refractivity contribution in [3.8, 4) is 17.2 Å². The van der Waals surface area contributed by atoms with Crippen LogP contribution in [0.15, 0.2) is 30.3 Å². The van der Waals surface area contributed by atoms with E-state index in [2.05, 4.69) is 13.0 Å². The second-order valence-electron chi connectivity index (χ2n) is 6.22. The van der Waals surface area contributed by atoms with Crippen LogP contribution in [0.3, 0.4) is 0 Å². The molecule has 1 aliphatic heterocycles. The second kappa shape index (κ2) is 6.67. The molecule has 1 amide bonds. The van der Waals surface area contributed by atoms with Gasteiger partial charge in [0.05, 0.1) is 27.0 Å². The van der Waals surface area contributed by atoms with Crippen molar-refractivity contribution in [1.82, 2.24) is 0 Å². The standard InChI is InChI=1S/C20H23NO4/c1-12-7-6-8-14-9-13(2)21(18(12)14)20(22)15-10-16(23-3)19(25-5)17(11-15)24-4/h6-8,10-11,13H,9H2,1-5H3. The van der Waals surface area contributed by atoms with Crippen molar-refractivity contribution in [3.63, 3.8) is 0 Å². The van der Waals surface area contributed by atoms with Gasteiger partial charge in [-0.05, 0) is 43.5 Å². The Labute approximate surface area is 148 Å². The van der Waals surface area contributed by atoms with Crippen LogP contribution in [0.25, 0.3) is 0 Å². The molecule has 0 spiro atoms. The number of hydrogen-bond acceptors (Lipinski definition) is 4. The van der Waals surface area contributed by atoms with E-state index >= 15 is 0 Å². The van der Waals surface area contributed by atoms with Crippen LogP contribution >= 0.6 is 0 Å². The summed E-state index contributed by atoms with van der Waals surface area (Å²) >= 11 is 0. The van der Waals surface area contributed by atoms with Crippen LogP contribution in [-0.4, -0.2) is 33.3 Å². The highest BCUT2D eigenvalue weighted by Gasteiger charge is 2.33. The summed E-state index contributed by atoms with van der Waals surface area (Å²) in [5.41, 5.74) is 3.82. The van der Waals surface area contributed by atoms with Crippen molar-refractivity contribution in [2.45, 2.75) is 26.3 Å². The molecule has 5 nitrogen and oxygen atoms in total. The molecule has 1 atom stereocenters. The SMILES string of the molecule is COc1cc(C(=O)N2c3c(C)cccc3CC2C)cc(OC)c1OC. The van der Waals surface area contributed by atoms with Gasteiger partial charge in [-0.15, -0.1) is 0 Å². The third-order valence-corrected chi connectivity index (χ3v) is 4.65. The van der Waals surface area contributed by atoms with Gasteiger partial charge < -0.3 is 19.1 Å². The van der Waals surface area contributed by atoms with Crippen LogP contribution < -0.4 is 19.1 Å². The van der Waals surface area contributed by atoms with E-state index in [0.717, 1.165) is 17.7 Å². The first-order valence-corrected chi connectivity index (χ1v) is 8.23. The van der Waals surface area contributed by atoms with Crippen LogP contribution in [0, 0.1) is 6.92 Å². The molecule has 0 aliphatic carbocycles. The van der Waals surface area contributed by atoms with Gasteiger partial charge in [-0.25, -0.2) is 0 Å². The predicted molar refractivity (Wildman–Crippen MR) is 97.3 cm³/mol. The van der Waals surface area contributed by atoms with E-state index in [1.807, 2.05) is 24.0 Å². The fourth-order valence-electron chi connectivity index (χ4n) is 3.50. The minimum atomic E-state index is -0.0696. The Balaban J connectivity index is 2.08. The van der Waals surface area contributed by atoms with Crippen LogP contribution in [0.4, 0.5) is 5.69 Å². The van der Waals surface area contributed by atoms with Gasteiger partial charge in [0.15, 0.2) is 11.5 Å². The number of fused-ring (bicyclic) bond motifs is 1. The Morgan fingerprint density at radius 1 is 1.08 bits per heavy atom. The molecule has 3 rings (SSSR count). The number of benzene rings is 2. The largest absolute Gasteiger partial charge is 0.493 e. The molecule has 2 aromatic rings. The molecule has 0 saturated heterocycles. The number of nitrogens with zero attached hydrogens (tertiary/aromatic N) is 1. The van der Waals surface area contributed by atoms with Crippen molar-refractivity contribution >= 4 is 11.6 Å². The van der Waals surface area contributed by atoms with E-state index < -0.39 is 0 Å². The second-order valence-corrected chi connectivity index (χ2v) is 6.22. The monoisotopic (exact) mass is 341 g/mol. The molecule has 132 valence electrons. The first-order valence-electron chi connectivity index (χ1n) is 8.23. The number of rotatable bonds is 4. The zero-order chi connectivity index (χ0) is 18.1. The summed E-state index contributed by atoms with van der Waals surface area (Å²) in [6, 6.07) is 9.66. The Hall–Kier alpha value is -2.69. The fraction of sp³-hybridized carbons (Fsp3) is 0.350. The summed E-state index contributed by atoms with van der Waals surface area (Å²) in [4.78, 5) is 15.1. The molecule has 1 unspecified atom stereocenters. The summed E-state index contributed by atoms with van der Waals surface area (Å²) in [5, 5.41) is 0. The zero-order valence-corrected chi connectivity index (χ0v) is 15.3. The summed E-state index contributed by atoms with van der Waals surface area (Å²) in [7, 11) is 4.64. The molecule has 0 fully saturated rings. The summed E-state index contributed by atoms with van der Waals surface area (Å²) < 4.78 is 16.1. The highest BCUT2D eigenvalue weighted by atomic mass is 16.5. The first kappa shape index (κ1) is 17.1. The summed E-state index contributed by atoms with van der Waals surface area (Å²) in [5.74, 6) is 1.36. The van der Waals surface area contributed by atoms with Gasteiger partial charge in [-0.2, -0.15) is 0 Å². The number of anilines is 1. The molecule has 0 radical (unpaired) electrons. The molecule has 25 heavy (non-hydrogen) atoms. The highest BCUT2D eigenvalue weighted by Crippen LogP contribution is 2.41. The summed E-state index contributed by atoms with van der Waals surface area (Å²) in [6.45, 7) is 4.10. The molecular formula is C20H23NO4. The van der Waals surface area contributed by atoms with E-state index in [9.17, 15) is 4.79 Å². The van der Waals surface area contributed by atoms with Gasteiger partial charge in [0, 0.05) is 11.6 Å². The van der Waals surface area contributed by atoms with Gasteiger partial charge in [0.25, 0.3) is 5.91 Å². The van der Waals surface area contributed by atoms with Crippen molar-refractivity contribution in [1.29, 1.82) is 0 Å². The molecule has 1 aliphatic rings. The van der Waals surface area contributed by atoms with E-state index in [1.165, 1.54) is 5.56 Å². The van der Waals surface area contributed by atoms with E-state index in [0.29, 0.717) is 22.8 Å². The topological polar surface area (TPSA) is 48.0 Å². The van der Waals surface area contributed by atoms with Crippen LogP contribution in [-0.2, 0) is 6.42 Å². The van der Waals surface area contributed by atoms with Crippen molar-refractivity contribution in [3.05, 3.63) is 47.0 Å². The number of amides is 1. The maximum atomic E-state index is 13.3. The number of methoxy groups -OCH3 is 3. The van der Waals surface area contributed by atoms with Crippen LogP contribution in [0.2, 0.25) is 0 Å². The van der Waals surface area contributed by atoms with Gasteiger partial charge in [0.2, 0.25) is 5.75 Å². The minimum Gasteiger partial charge on any atom is -0.493 e. The van der Waals surface area contributed by atoms with Gasteiger partial charge in [-0.3, -0.25) is 4.79 Å². The van der Waals surface area contributed by atoms with E-state index in [-0.39, 0.29) is 11.9 Å². The van der Waals surface area contributed by atoms with Gasteiger partial charge >= 0.3 is 0 Å². The number of para-hydroxylation sites is 1. The maximum absolute atomic E-state index is 13.3. The van der Waals surface area contributed by atoms with Crippen LogP contribution in [0.5, 0.6) is 17.2 Å². The molecular weight excluding hydrogens is 318 g/mol. The molecule has 2 aromatic carbocycles. The number of carbonyl (C=O) groups is 1. The van der Waals surface area contributed by atoms with Crippen molar-refractivity contribution < 1.29 is 19.0 Å². The normalized spacial score (nSPS) is 15.7. The van der Waals surface area contributed by atoms with Crippen LogP contribution in [0.1, 0.15) is 28.4 Å². The molecule has 0 saturated carbocycles. The third-order valence-electron chi connectivity index (χ3n) is 4.65. The number of ether oxygens (including phenoxy) is 3. The van der Waals surface area contributed by atoms with Crippen molar-refractivity contribution in [2.24, 2.45) is 0 Å². The lowest BCUT2D eigenvalue weighted by molar-refractivity contribution is 0.0980. The smallest absolute Gasteiger partial charge is 0.258 e. The first-order chi connectivity index (χ1) is 12.0. The van der Waals surface area contributed by atoms with E-state index in [4.69, 9.17) is 14.2 Å². The van der Waals surface area contributed by atoms with Gasteiger partial charge in [-0.1, -0.05) is 18.2 Å². The molecule has 0 aromatic heterocycles. The Morgan fingerprint density at radius 3 is 2.28 bits per heavy atom. The fourth-order valence-corrected chi connectivity index (χ4v) is 3.50. The average molecular weight is 341 g/mol. The number of aryl methyl sites for hydroxylation is 1. The minimum absolute atomic E-state index is 0.0696. The molecule has 1 heterocycles.